The third-order valence-electron chi connectivity index (χ3n) is 3.99. The van der Waals surface area contributed by atoms with Crippen LogP contribution in [0.25, 0.3) is 11.3 Å². The lowest BCUT2D eigenvalue weighted by Gasteiger charge is -2.16. The summed E-state index contributed by atoms with van der Waals surface area (Å²) >= 11 is 8.41. The van der Waals surface area contributed by atoms with Crippen LogP contribution in [0.1, 0.15) is 31.8 Å². The molecule has 1 aromatic carbocycles. The van der Waals surface area contributed by atoms with Gasteiger partial charge >= 0.3 is 0 Å². The largest absolute Gasteiger partial charge is 0.447 e. The number of anilines is 1. The van der Waals surface area contributed by atoms with Gasteiger partial charge in [0.15, 0.2) is 16.1 Å². The van der Waals surface area contributed by atoms with Crippen molar-refractivity contribution < 1.29 is 9.15 Å². The number of fused-ring (bicyclic) bond motifs is 3. The van der Waals surface area contributed by atoms with Crippen LogP contribution in [0.4, 0.5) is 5.69 Å². The number of hydrogen-bond donors (Lipinski definition) is 1. The summed E-state index contributed by atoms with van der Waals surface area (Å²) in [5.74, 6) is 2.01. The summed E-state index contributed by atoms with van der Waals surface area (Å²) < 4.78 is 13.4. The molecule has 3 aromatic rings. The zero-order chi connectivity index (χ0) is 18.8. The summed E-state index contributed by atoms with van der Waals surface area (Å²) in [6.45, 7) is 2.16. The van der Waals surface area contributed by atoms with E-state index >= 15 is 0 Å². The van der Waals surface area contributed by atoms with Crippen LogP contribution >= 0.6 is 43.6 Å². The molecule has 0 radical (unpaired) electrons. The van der Waals surface area contributed by atoms with Crippen molar-refractivity contribution in [3.8, 4) is 17.1 Å². The zero-order valence-corrected chi connectivity index (χ0v) is 18.4. The second-order valence-corrected chi connectivity index (χ2v) is 8.55. The normalized spacial score (nSPS) is 15.3. The van der Waals surface area contributed by atoms with Gasteiger partial charge in [0.2, 0.25) is 17.3 Å². The summed E-state index contributed by atoms with van der Waals surface area (Å²) in [6, 6.07) is 9.72. The van der Waals surface area contributed by atoms with Gasteiger partial charge in [-0.15, -0.1) is 10.2 Å². The molecule has 1 atom stereocenters. The van der Waals surface area contributed by atoms with E-state index in [1.54, 1.807) is 11.8 Å². The first kappa shape index (κ1) is 18.8. The highest BCUT2D eigenvalue weighted by Crippen LogP contribution is 2.41. The molecule has 27 heavy (non-hydrogen) atoms. The molecule has 0 amide bonds. The number of rotatable bonds is 5. The number of ether oxygens (including phenoxy) is 1. The molecule has 0 fully saturated rings. The van der Waals surface area contributed by atoms with Crippen molar-refractivity contribution in [3.63, 3.8) is 0 Å². The lowest BCUT2D eigenvalue weighted by molar-refractivity contribution is 0.194. The number of nitrogens with one attached hydrogen (secondary N) is 1. The van der Waals surface area contributed by atoms with Crippen LogP contribution in [0, 0.1) is 0 Å². The molecular formula is C18H16Br2N4O2S. The van der Waals surface area contributed by atoms with E-state index in [1.807, 2.05) is 30.3 Å². The first-order valence-corrected chi connectivity index (χ1v) is 11.1. The predicted molar refractivity (Wildman–Crippen MR) is 112 cm³/mol. The zero-order valence-electron chi connectivity index (χ0n) is 14.4. The second-order valence-electron chi connectivity index (χ2n) is 5.91. The van der Waals surface area contributed by atoms with Gasteiger partial charge in [0.05, 0.1) is 4.47 Å². The molecular weight excluding hydrogens is 496 g/mol. The minimum Gasteiger partial charge on any atom is -0.447 e. The van der Waals surface area contributed by atoms with E-state index in [1.165, 1.54) is 0 Å². The van der Waals surface area contributed by atoms with Crippen LogP contribution in [0.3, 0.4) is 0 Å². The highest BCUT2D eigenvalue weighted by atomic mass is 79.9. The Morgan fingerprint density at radius 1 is 1.22 bits per heavy atom. The molecule has 2 aromatic heterocycles. The van der Waals surface area contributed by atoms with Crippen molar-refractivity contribution in [2.75, 3.05) is 11.1 Å². The molecule has 1 aliphatic heterocycles. The summed E-state index contributed by atoms with van der Waals surface area (Å²) in [5, 5.41) is 12.7. The maximum atomic E-state index is 6.17. The third kappa shape index (κ3) is 4.00. The van der Waals surface area contributed by atoms with E-state index in [4.69, 9.17) is 9.15 Å². The molecule has 1 N–H and O–H groups in total. The fourth-order valence-electron chi connectivity index (χ4n) is 2.64. The summed E-state index contributed by atoms with van der Waals surface area (Å²) in [6.07, 6.45) is 1.69. The van der Waals surface area contributed by atoms with Gasteiger partial charge < -0.3 is 14.5 Å². The molecule has 6 nitrogen and oxygen atoms in total. The Balaban J connectivity index is 1.74. The van der Waals surface area contributed by atoms with Crippen molar-refractivity contribution in [1.29, 1.82) is 0 Å². The van der Waals surface area contributed by atoms with Gasteiger partial charge in [0.1, 0.15) is 0 Å². The summed E-state index contributed by atoms with van der Waals surface area (Å²) in [5.41, 5.74) is 2.39. The number of thioether (sulfide) groups is 1. The van der Waals surface area contributed by atoms with Gasteiger partial charge in [-0.1, -0.05) is 43.3 Å². The molecule has 0 bridgehead atoms. The second kappa shape index (κ2) is 8.20. The van der Waals surface area contributed by atoms with Gasteiger partial charge in [-0.3, -0.25) is 0 Å². The minimum absolute atomic E-state index is 0.440. The maximum absolute atomic E-state index is 6.17. The monoisotopic (exact) mass is 510 g/mol. The van der Waals surface area contributed by atoms with Gasteiger partial charge in [-0.25, -0.2) is 0 Å². The first-order chi connectivity index (χ1) is 13.2. The number of benzene rings is 1. The molecule has 3 heterocycles. The Hall–Kier alpha value is -1.58. The molecule has 0 aliphatic carbocycles. The lowest BCUT2D eigenvalue weighted by Crippen LogP contribution is -2.16. The molecule has 0 saturated heterocycles. The van der Waals surface area contributed by atoms with Crippen LogP contribution < -0.4 is 10.1 Å². The van der Waals surface area contributed by atoms with Crippen LogP contribution in [0.2, 0.25) is 0 Å². The molecule has 1 aliphatic rings. The summed E-state index contributed by atoms with van der Waals surface area (Å²) in [7, 11) is 0. The van der Waals surface area contributed by atoms with Crippen molar-refractivity contribution in [3.05, 3.63) is 45.2 Å². The van der Waals surface area contributed by atoms with E-state index in [9.17, 15) is 0 Å². The molecule has 0 saturated carbocycles. The number of para-hydroxylation sites is 1. The molecule has 9 heteroatoms. The topological polar surface area (TPSA) is 73.1 Å². The summed E-state index contributed by atoms with van der Waals surface area (Å²) in [4.78, 5) is 4.61. The number of halogens is 2. The molecule has 0 spiro atoms. The number of aromatic nitrogens is 3. The Kier molecular flexibility index (Phi) is 5.70. The first-order valence-electron chi connectivity index (χ1n) is 8.50. The van der Waals surface area contributed by atoms with Crippen LogP contribution in [0.5, 0.6) is 5.88 Å². The fraction of sp³-hybridized carbons (Fsp3) is 0.278. The Morgan fingerprint density at radius 3 is 2.85 bits per heavy atom. The average molecular weight is 512 g/mol. The smallest absolute Gasteiger partial charge is 0.247 e. The average Bonchev–Trinajstić information content (AvgIpc) is 2.92. The Labute approximate surface area is 177 Å². The van der Waals surface area contributed by atoms with Gasteiger partial charge in [0.25, 0.3) is 0 Å². The van der Waals surface area contributed by atoms with Crippen LogP contribution in [-0.4, -0.2) is 20.9 Å². The van der Waals surface area contributed by atoms with Gasteiger partial charge in [0, 0.05) is 23.1 Å². The quantitative estimate of drug-likeness (QED) is 0.330. The van der Waals surface area contributed by atoms with E-state index in [2.05, 4.69) is 59.3 Å². The van der Waals surface area contributed by atoms with E-state index < -0.39 is 6.23 Å². The van der Waals surface area contributed by atoms with Crippen molar-refractivity contribution in [1.82, 2.24) is 15.2 Å². The molecule has 0 unspecified atom stereocenters. The van der Waals surface area contributed by atoms with Gasteiger partial charge in [-0.05, 0) is 44.3 Å². The number of unbranched alkanes of at least 4 members (excludes halogenated alkanes) is 1. The highest BCUT2D eigenvalue weighted by molar-refractivity contribution is 9.13. The highest BCUT2D eigenvalue weighted by Gasteiger charge is 2.28. The lowest BCUT2D eigenvalue weighted by atomic mass is 10.1. The van der Waals surface area contributed by atoms with E-state index in [-0.39, 0.29) is 0 Å². The van der Waals surface area contributed by atoms with Crippen molar-refractivity contribution in [2.24, 2.45) is 0 Å². The van der Waals surface area contributed by atoms with Crippen molar-refractivity contribution in [2.45, 2.75) is 31.1 Å². The van der Waals surface area contributed by atoms with Crippen LogP contribution in [-0.2, 0) is 0 Å². The van der Waals surface area contributed by atoms with Gasteiger partial charge in [-0.2, -0.15) is 4.98 Å². The minimum atomic E-state index is -0.541. The number of furan rings is 1. The molecule has 140 valence electrons. The standard InChI is InChI=1S/C18H16Br2N4O2S/c1-2-3-8-27-18-22-17-14(23-24-18)10-6-4-5-7-12(10)21-16(26-17)13-9-11(19)15(20)25-13/h4-7,9,16,21H,2-3,8H2,1H3/t16-/m1/s1. The van der Waals surface area contributed by atoms with Crippen molar-refractivity contribution >= 4 is 49.3 Å². The predicted octanol–water partition coefficient (Wildman–Crippen LogP) is 6.05. The SMILES string of the molecule is CCCCSc1nnc2c(n1)O[C@H](c1cc(Br)c(Br)o1)Nc1ccccc1-2. The number of nitrogens with zero attached hydrogens (tertiary/aromatic N) is 3. The number of hydrogen-bond acceptors (Lipinski definition) is 7. The van der Waals surface area contributed by atoms with Crippen LogP contribution in [0.15, 0.2) is 49.0 Å². The fourth-order valence-corrected chi connectivity index (χ4v) is 4.11. The maximum Gasteiger partial charge on any atom is 0.247 e. The Bertz CT molecular complexity index is 947. The van der Waals surface area contributed by atoms with E-state index in [0.29, 0.717) is 27.2 Å². The third-order valence-corrected chi connectivity index (χ3v) is 6.62. The Morgan fingerprint density at radius 2 is 2.07 bits per heavy atom. The van der Waals surface area contributed by atoms with E-state index in [0.717, 1.165) is 34.3 Å². The molecule has 4 rings (SSSR count).